The zero-order valence-corrected chi connectivity index (χ0v) is 19.1. The van der Waals surface area contributed by atoms with E-state index in [1.165, 1.54) is 18.3 Å². The van der Waals surface area contributed by atoms with Gasteiger partial charge in [-0.2, -0.15) is 0 Å². The van der Waals surface area contributed by atoms with Crippen LogP contribution in [-0.2, 0) is 16.4 Å². The number of fused-ring (bicyclic) bond motifs is 1. The zero-order valence-electron chi connectivity index (χ0n) is 18.3. The van der Waals surface area contributed by atoms with Crippen LogP contribution in [0.4, 0.5) is 0 Å². The second-order valence-corrected chi connectivity index (χ2v) is 9.72. The van der Waals surface area contributed by atoms with E-state index >= 15 is 0 Å². The van der Waals surface area contributed by atoms with Crippen LogP contribution in [0.15, 0.2) is 87.5 Å². The summed E-state index contributed by atoms with van der Waals surface area (Å²) in [6.07, 6.45) is 1.46. The van der Waals surface area contributed by atoms with Crippen molar-refractivity contribution in [2.24, 2.45) is 0 Å². The Bertz CT molecular complexity index is 1450. The molecule has 0 saturated heterocycles. The van der Waals surface area contributed by atoms with Crippen molar-refractivity contribution in [1.82, 2.24) is 4.57 Å². The van der Waals surface area contributed by atoms with Crippen molar-refractivity contribution < 1.29 is 13.2 Å². The minimum absolute atomic E-state index is 0.1000. The molecular formula is C26H25NO4S. The summed E-state index contributed by atoms with van der Waals surface area (Å²) in [5.41, 5.74) is 3.21. The second kappa shape index (κ2) is 8.63. The summed E-state index contributed by atoms with van der Waals surface area (Å²) >= 11 is 0. The first-order chi connectivity index (χ1) is 15.3. The van der Waals surface area contributed by atoms with Gasteiger partial charge in [0.15, 0.2) is 0 Å². The van der Waals surface area contributed by atoms with E-state index in [9.17, 15) is 13.2 Å². The molecule has 6 heteroatoms. The minimum atomic E-state index is -4.00. The van der Waals surface area contributed by atoms with Crippen LogP contribution in [-0.4, -0.2) is 19.6 Å². The minimum Gasteiger partial charge on any atom is -0.494 e. The molecule has 0 saturated carbocycles. The van der Waals surface area contributed by atoms with Gasteiger partial charge in [0.2, 0.25) is 15.3 Å². The van der Waals surface area contributed by atoms with Crippen molar-refractivity contribution in [3.63, 3.8) is 0 Å². The monoisotopic (exact) mass is 447 g/mol. The first-order valence-corrected chi connectivity index (χ1v) is 12.0. The molecule has 0 fully saturated rings. The summed E-state index contributed by atoms with van der Waals surface area (Å²) in [5.74, 6) is 0.532. The average Bonchev–Trinajstić information content (AvgIpc) is 2.77. The van der Waals surface area contributed by atoms with Crippen LogP contribution in [0.25, 0.3) is 10.9 Å². The lowest BCUT2D eigenvalue weighted by Crippen LogP contribution is -2.20. The van der Waals surface area contributed by atoms with Crippen LogP contribution in [0.1, 0.15) is 23.6 Å². The van der Waals surface area contributed by atoms with Gasteiger partial charge < -0.3 is 9.30 Å². The predicted molar refractivity (Wildman–Crippen MR) is 126 cm³/mol. The maximum Gasteiger partial charge on any atom is 0.211 e. The van der Waals surface area contributed by atoms with Crippen LogP contribution in [0, 0.1) is 13.8 Å². The third-order valence-electron chi connectivity index (χ3n) is 5.55. The molecule has 1 aromatic heterocycles. The highest BCUT2D eigenvalue weighted by Crippen LogP contribution is 2.25. The largest absolute Gasteiger partial charge is 0.494 e. The van der Waals surface area contributed by atoms with E-state index < -0.39 is 15.3 Å². The van der Waals surface area contributed by atoms with Gasteiger partial charge in [0.05, 0.1) is 22.4 Å². The number of sulfone groups is 1. The van der Waals surface area contributed by atoms with Crippen LogP contribution >= 0.6 is 0 Å². The third kappa shape index (κ3) is 4.06. The molecule has 0 radical (unpaired) electrons. The standard InChI is InChI=1S/C26H25NO4S/c1-4-31-21-11-14-24-23(15-21)26(28)25(32(29,30)22-12-9-18(2)10-13-22)17-27(24)16-20-8-6-5-7-19(20)3/h5-15,17H,4,16H2,1-3H3. The number of aromatic nitrogens is 1. The second-order valence-electron chi connectivity index (χ2n) is 7.81. The van der Waals surface area contributed by atoms with Gasteiger partial charge in [0.25, 0.3) is 0 Å². The van der Waals surface area contributed by atoms with Gasteiger partial charge in [-0.05, 0) is 62.2 Å². The quantitative estimate of drug-likeness (QED) is 0.422. The normalized spacial score (nSPS) is 11.6. The Hall–Kier alpha value is -3.38. The van der Waals surface area contributed by atoms with E-state index in [2.05, 4.69) is 0 Å². The van der Waals surface area contributed by atoms with Crippen molar-refractivity contribution in [2.45, 2.75) is 37.1 Å². The van der Waals surface area contributed by atoms with E-state index in [0.717, 1.165) is 16.7 Å². The molecule has 0 bridgehead atoms. The summed E-state index contributed by atoms with van der Waals surface area (Å²) in [5, 5.41) is 0.317. The topological polar surface area (TPSA) is 65.4 Å². The van der Waals surface area contributed by atoms with E-state index in [4.69, 9.17) is 4.74 Å². The van der Waals surface area contributed by atoms with Crippen LogP contribution in [0.5, 0.6) is 5.75 Å². The summed E-state index contributed by atoms with van der Waals surface area (Å²) < 4.78 is 34.3. The summed E-state index contributed by atoms with van der Waals surface area (Å²) in [4.78, 5) is 13.3. The highest BCUT2D eigenvalue weighted by molar-refractivity contribution is 7.91. The number of aryl methyl sites for hydroxylation is 2. The van der Waals surface area contributed by atoms with Crippen LogP contribution < -0.4 is 10.2 Å². The molecule has 5 nitrogen and oxygen atoms in total. The van der Waals surface area contributed by atoms with Crippen molar-refractivity contribution in [1.29, 1.82) is 0 Å². The molecular weight excluding hydrogens is 422 g/mol. The molecule has 1 heterocycles. The molecule has 0 N–H and O–H groups in total. The molecule has 4 rings (SSSR count). The van der Waals surface area contributed by atoms with Gasteiger partial charge in [-0.25, -0.2) is 8.42 Å². The van der Waals surface area contributed by atoms with E-state index in [1.807, 2.05) is 55.7 Å². The number of hydrogen-bond acceptors (Lipinski definition) is 4. The van der Waals surface area contributed by atoms with E-state index in [1.54, 1.807) is 24.3 Å². The Kier molecular flexibility index (Phi) is 5.89. The number of nitrogens with zero attached hydrogens (tertiary/aromatic N) is 1. The number of pyridine rings is 1. The fraction of sp³-hybridized carbons (Fsp3) is 0.192. The van der Waals surface area contributed by atoms with Crippen LogP contribution in [0.2, 0.25) is 0 Å². The van der Waals surface area contributed by atoms with Crippen molar-refractivity contribution >= 4 is 20.7 Å². The Labute approximate surface area is 187 Å². The molecule has 0 aliphatic carbocycles. The average molecular weight is 448 g/mol. The number of rotatable bonds is 6. The molecule has 3 aromatic carbocycles. The lowest BCUT2D eigenvalue weighted by atomic mass is 10.1. The van der Waals surface area contributed by atoms with Crippen molar-refractivity contribution in [3.8, 4) is 5.75 Å². The van der Waals surface area contributed by atoms with Crippen molar-refractivity contribution in [3.05, 3.63) is 99.8 Å². The van der Waals surface area contributed by atoms with Gasteiger partial charge in [-0.3, -0.25) is 4.79 Å². The fourth-order valence-corrected chi connectivity index (χ4v) is 5.11. The predicted octanol–water partition coefficient (Wildman–Crippen LogP) is 4.90. The highest BCUT2D eigenvalue weighted by Gasteiger charge is 2.24. The molecule has 0 aliphatic rings. The zero-order chi connectivity index (χ0) is 22.9. The molecule has 0 spiro atoms. The van der Waals surface area contributed by atoms with Gasteiger partial charge in [-0.1, -0.05) is 42.0 Å². The fourth-order valence-electron chi connectivity index (χ4n) is 3.74. The summed E-state index contributed by atoms with van der Waals surface area (Å²) in [7, 11) is -4.00. The smallest absolute Gasteiger partial charge is 0.211 e. The first-order valence-electron chi connectivity index (χ1n) is 10.5. The Morgan fingerprint density at radius 3 is 2.34 bits per heavy atom. The third-order valence-corrected chi connectivity index (χ3v) is 7.32. The summed E-state index contributed by atoms with van der Waals surface area (Å²) in [6, 6.07) is 19.7. The maximum absolute atomic E-state index is 13.4. The number of benzene rings is 3. The van der Waals surface area contributed by atoms with E-state index in [0.29, 0.717) is 29.8 Å². The highest BCUT2D eigenvalue weighted by atomic mass is 32.2. The Morgan fingerprint density at radius 1 is 0.938 bits per heavy atom. The maximum atomic E-state index is 13.4. The van der Waals surface area contributed by atoms with Crippen LogP contribution in [0.3, 0.4) is 0 Å². The lowest BCUT2D eigenvalue weighted by molar-refractivity contribution is 0.340. The van der Waals surface area contributed by atoms with Gasteiger partial charge in [0, 0.05) is 12.7 Å². The lowest BCUT2D eigenvalue weighted by Gasteiger charge is -2.16. The van der Waals surface area contributed by atoms with Gasteiger partial charge in [0.1, 0.15) is 10.6 Å². The molecule has 4 aromatic rings. The van der Waals surface area contributed by atoms with E-state index in [-0.39, 0.29) is 9.79 Å². The molecule has 0 amide bonds. The van der Waals surface area contributed by atoms with Gasteiger partial charge >= 0.3 is 0 Å². The van der Waals surface area contributed by atoms with Crippen molar-refractivity contribution in [2.75, 3.05) is 6.61 Å². The number of hydrogen-bond donors (Lipinski definition) is 0. The molecule has 0 aliphatic heterocycles. The molecule has 164 valence electrons. The summed E-state index contributed by atoms with van der Waals surface area (Å²) in [6.45, 7) is 6.64. The number of ether oxygens (including phenoxy) is 1. The van der Waals surface area contributed by atoms with Gasteiger partial charge in [-0.15, -0.1) is 0 Å². The SMILES string of the molecule is CCOc1ccc2c(c1)c(=O)c(S(=O)(=O)c1ccc(C)cc1)cn2Cc1ccccc1C. The molecule has 0 atom stereocenters. The Balaban J connectivity index is 1.98. The molecule has 32 heavy (non-hydrogen) atoms. The Morgan fingerprint density at radius 2 is 1.66 bits per heavy atom. The first kappa shape index (κ1) is 21.8. The molecule has 0 unspecified atom stereocenters.